The first-order valence-corrected chi connectivity index (χ1v) is 12.0. The minimum atomic E-state index is -3.66. The summed E-state index contributed by atoms with van der Waals surface area (Å²) in [6.07, 6.45) is 0.563. The van der Waals surface area contributed by atoms with Crippen molar-refractivity contribution >= 4 is 27.8 Å². The molecule has 2 aliphatic heterocycles. The summed E-state index contributed by atoms with van der Waals surface area (Å²) in [4.78, 5) is 39.6. The van der Waals surface area contributed by atoms with Crippen molar-refractivity contribution < 1.29 is 27.5 Å². The number of hydrogen-bond donors (Lipinski definition) is 0. The molecule has 2 heterocycles. The maximum atomic E-state index is 12.9. The van der Waals surface area contributed by atoms with E-state index in [4.69, 9.17) is 4.74 Å². The standard InChI is InChI=1S/C21H29N3O6S/c1-3-30-21(27)23-14-12-22(13-15-23)20(26)18-8-10-24(11-9-18)31(28,29)19-6-4-17(5-7-19)16(2)25/h4-7,18H,3,8-15H2,1-2H3. The highest BCUT2D eigenvalue weighted by molar-refractivity contribution is 7.89. The smallest absolute Gasteiger partial charge is 0.409 e. The monoisotopic (exact) mass is 451 g/mol. The summed E-state index contributed by atoms with van der Waals surface area (Å²) < 4.78 is 32.2. The summed E-state index contributed by atoms with van der Waals surface area (Å²) in [6, 6.07) is 5.93. The van der Waals surface area contributed by atoms with Crippen LogP contribution in [0, 0.1) is 5.92 Å². The van der Waals surface area contributed by atoms with Gasteiger partial charge in [0.25, 0.3) is 0 Å². The third-order valence-corrected chi connectivity index (χ3v) is 7.73. The molecule has 0 atom stereocenters. The number of ketones is 1. The molecule has 1 aromatic carbocycles. The van der Waals surface area contributed by atoms with E-state index in [1.807, 2.05) is 0 Å². The predicted octanol–water partition coefficient (Wildman–Crippen LogP) is 1.59. The van der Waals surface area contributed by atoms with Gasteiger partial charge < -0.3 is 14.5 Å². The van der Waals surface area contributed by atoms with Crippen molar-refractivity contribution in [2.75, 3.05) is 45.9 Å². The van der Waals surface area contributed by atoms with Crippen LogP contribution in [-0.2, 0) is 19.6 Å². The second-order valence-electron chi connectivity index (χ2n) is 7.77. The zero-order valence-corrected chi connectivity index (χ0v) is 18.8. The number of carbonyl (C=O) groups excluding carboxylic acids is 3. The van der Waals surface area contributed by atoms with Crippen molar-refractivity contribution in [3.8, 4) is 0 Å². The van der Waals surface area contributed by atoms with E-state index in [9.17, 15) is 22.8 Å². The number of nitrogens with zero attached hydrogens (tertiary/aromatic N) is 3. The van der Waals surface area contributed by atoms with E-state index in [-0.39, 0.29) is 41.7 Å². The largest absolute Gasteiger partial charge is 0.450 e. The molecule has 31 heavy (non-hydrogen) atoms. The number of ether oxygens (including phenoxy) is 1. The molecule has 0 aromatic heterocycles. The van der Waals surface area contributed by atoms with Crippen molar-refractivity contribution in [1.82, 2.24) is 14.1 Å². The van der Waals surface area contributed by atoms with Crippen LogP contribution in [0.15, 0.2) is 29.2 Å². The Bertz CT molecular complexity index is 915. The van der Waals surface area contributed by atoms with E-state index < -0.39 is 10.0 Å². The summed E-state index contributed by atoms with van der Waals surface area (Å²) >= 11 is 0. The van der Waals surface area contributed by atoms with Gasteiger partial charge in [-0.2, -0.15) is 4.31 Å². The van der Waals surface area contributed by atoms with Gasteiger partial charge in [0.1, 0.15) is 0 Å². The van der Waals surface area contributed by atoms with Gasteiger partial charge in [-0.3, -0.25) is 9.59 Å². The van der Waals surface area contributed by atoms with Gasteiger partial charge >= 0.3 is 6.09 Å². The number of Topliss-reactive ketones (excluding diaryl/α,β-unsaturated/α-hetero) is 1. The van der Waals surface area contributed by atoms with Crippen molar-refractivity contribution in [1.29, 1.82) is 0 Å². The molecule has 10 heteroatoms. The van der Waals surface area contributed by atoms with Crippen molar-refractivity contribution in [2.24, 2.45) is 5.92 Å². The van der Waals surface area contributed by atoms with Crippen LogP contribution in [0.3, 0.4) is 0 Å². The summed E-state index contributed by atoms with van der Waals surface area (Å²) in [5, 5.41) is 0. The number of benzene rings is 1. The van der Waals surface area contributed by atoms with Crippen LogP contribution < -0.4 is 0 Å². The van der Waals surface area contributed by atoms with Gasteiger partial charge in [0.05, 0.1) is 11.5 Å². The Morgan fingerprint density at radius 2 is 1.48 bits per heavy atom. The zero-order valence-electron chi connectivity index (χ0n) is 18.0. The predicted molar refractivity (Wildman–Crippen MR) is 113 cm³/mol. The second-order valence-corrected chi connectivity index (χ2v) is 9.71. The van der Waals surface area contributed by atoms with Crippen molar-refractivity contribution in [2.45, 2.75) is 31.6 Å². The SMILES string of the molecule is CCOC(=O)N1CCN(C(=O)C2CCN(S(=O)(=O)c3ccc(C(C)=O)cc3)CC2)CC1. The summed E-state index contributed by atoms with van der Waals surface area (Å²) in [6.45, 7) is 5.85. The van der Waals surface area contributed by atoms with Gasteiger partial charge in [-0.05, 0) is 38.8 Å². The molecule has 0 unspecified atom stereocenters. The van der Waals surface area contributed by atoms with Crippen LogP contribution in [0.4, 0.5) is 4.79 Å². The summed E-state index contributed by atoms with van der Waals surface area (Å²) in [5.74, 6) is -0.321. The molecule has 9 nitrogen and oxygen atoms in total. The molecule has 0 radical (unpaired) electrons. The van der Waals surface area contributed by atoms with Crippen LogP contribution in [0.1, 0.15) is 37.0 Å². The lowest BCUT2D eigenvalue weighted by Gasteiger charge is -2.37. The molecule has 2 saturated heterocycles. The first kappa shape index (κ1) is 23.2. The third-order valence-electron chi connectivity index (χ3n) is 5.82. The molecule has 0 spiro atoms. The average molecular weight is 452 g/mol. The van der Waals surface area contributed by atoms with Crippen LogP contribution >= 0.6 is 0 Å². The number of piperidine rings is 1. The number of amides is 2. The first-order valence-electron chi connectivity index (χ1n) is 10.6. The maximum absolute atomic E-state index is 12.9. The highest BCUT2D eigenvalue weighted by Gasteiger charge is 2.35. The minimum Gasteiger partial charge on any atom is -0.450 e. The third kappa shape index (κ3) is 5.24. The molecule has 0 aliphatic carbocycles. The summed E-state index contributed by atoms with van der Waals surface area (Å²) in [7, 11) is -3.66. The van der Waals surface area contributed by atoms with Crippen LogP contribution in [0.5, 0.6) is 0 Å². The molecule has 0 saturated carbocycles. The minimum absolute atomic E-state index is 0.0198. The number of rotatable bonds is 5. The Labute approximate surface area is 183 Å². The molecule has 2 fully saturated rings. The van der Waals surface area contributed by atoms with Gasteiger partial charge in [-0.1, -0.05) is 12.1 Å². The van der Waals surface area contributed by atoms with Gasteiger partial charge in [0, 0.05) is 50.7 Å². The fraction of sp³-hybridized carbons (Fsp3) is 0.571. The Morgan fingerprint density at radius 1 is 0.935 bits per heavy atom. The van der Waals surface area contributed by atoms with E-state index in [1.165, 1.54) is 35.5 Å². The Kier molecular flexibility index (Phi) is 7.32. The fourth-order valence-corrected chi connectivity index (χ4v) is 5.41. The molecule has 3 rings (SSSR count). The number of sulfonamides is 1. The zero-order chi connectivity index (χ0) is 22.6. The molecule has 0 bridgehead atoms. The highest BCUT2D eigenvalue weighted by Crippen LogP contribution is 2.26. The molecular weight excluding hydrogens is 422 g/mol. The van der Waals surface area contributed by atoms with E-state index in [1.54, 1.807) is 16.7 Å². The van der Waals surface area contributed by atoms with Gasteiger partial charge in [0.15, 0.2) is 5.78 Å². The van der Waals surface area contributed by atoms with Crippen molar-refractivity contribution in [3.05, 3.63) is 29.8 Å². The van der Waals surface area contributed by atoms with Crippen LogP contribution in [-0.4, -0.2) is 86.2 Å². The first-order chi connectivity index (χ1) is 14.7. The summed E-state index contributed by atoms with van der Waals surface area (Å²) in [5.41, 5.74) is 0.464. The molecule has 2 aliphatic rings. The normalized spacial score (nSPS) is 18.6. The van der Waals surface area contributed by atoms with E-state index in [0.717, 1.165) is 0 Å². The van der Waals surface area contributed by atoms with Crippen LogP contribution in [0.25, 0.3) is 0 Å². The Balaban J connectivity index is 1.54. The lowest BCUT2D eigenvalue weighted by atomic mass is 9.96. The number of carbonyl (C=O) groups is 3. The number of hydrogen-bond acceptors (Lipinski definition) is 6. The van der Waals surface area contributed by atoms with Gasteiger partial charge in [-0.15, -0.1) is 0 Å². The van der Waals surface area contributed by atoms with E-state index in [2.05, 4.69) is 0 Å². The van der Waals surface area contributed by atoms with E-state index >= 15 is 0 Å². The molecule has 1 aromatic rings. The van der Waals surface area contributed by atoms with Gasteiger partial charge in [-0.25, -0.2) is 13.2 Å². The Morgan fingerprint density at radius 3 is 2.00 bits per heavy atom. The second kappa shape index (κ2) is 9.78. The highest BCUT2D eigenvalue weighted by atomic mass is 32.2. The average Bonchev–Trinajstić information content (AvgIpc) is 2.79. The number of piperazine rings is 1. The lowest BCUT2D eigenvalue weighted by Crippen LogP contribution is -2.53. The Hall–Kier alpha value is -2.46. The van der Waals surface area contributed by atoms with E-state index in [0.29, 0.717) is 51.2 Å². The molecule has 0 N–H and O–H groups in total. The topological polar surface area (TPSA) is 104 Å². The fourth-order valence-electron chi connectivity index (χ4n) is 3.94. The maximum Gasteiger partial charge on any atom is 0.409 e. The van der Waals surface area contributed by atoms with Crippen molar-refractivity contribution in [3.63, 3.8) is 0 Å². The van der Waals surface area contributed by atoms with Crippen LogP contribution in [0.2, 0.25) is 0 Å². The molecule has 170 valence electrons. The molecule has 2 amide bonds. The quantitative estimate of drug-likeness (QED) is 0.630. The molecular formula is C21H29N3O6S. The lowest BCUT2D eigenvalue weighted by molar-refractivity contribution is -0.138. The van der Waals surface area contributed by atoms with Gasteiger partial charge in [0.2, 0.25) is 15.9 Å².